The van der Waals surface area contributed by atoms with Crippen molar-refractivity contribution in [3.8, 4) is 0 Å². The molecule has 0 unspecified atom stereocenters. The molecule has 3 rings (SSSR count). The summed E-state index contributed by atoms with van der Waals surface area (Å²) in [5.74, 6) is -0.793. The van der Waals surface area contributed by atoms with E-state index in [1.165, 1.54) is 6.92 Å². The van der Waals surface area contributed by atoms with Crippen molar-refractivity contribution in [2.45, 2.75) is 19.4 Å². The first kappa shape index (κ1) is 14.9. The second-order valence-corrected chi connectivity index (χ2v) is 5.46. The minimum Gasteiger partial charge on any atom is -0.268 e. The van der Waals surface area contributed by atoms with Crippen molar-refractivity contribution in [3.05, 3.63) is 75.3 Å². The summed E-state index contributed by atoms with van der Waals surface area (Å²) in [6.45, 7) is 1.50. The molecule has 2 aromatic carbocycles. The molecule has 1 aliphatic rings. The third kappa shape index (κ3) is 2.48. The molecule has 1 atom stereocenters. The molecule has 0 spiro atoms. The van der Waals surface area contributed by atoms with E-state index >= 15 is 0 Å². The highest BCUT2D eigenvalue weighted by atomic mass is 16.6. The van der Waals surface area contributed by atoms with Crippen LogP contribution in [0.5, 0.6) is 0 Å². The Morgan fingerprint density at radius 3 is 2.09 bits per heavy atom. The third-order valence-electron chi connectivity index (χ3n) is 3.90. The number of benzene rings is 2. The van der Waals surface area contributed by atoms with Crippen LogP contribution in [0.3, 0.4) is 0 Å². The van der Waals surface area contributed by atoms with Crippen molar-refractivity contribution in [3.63, 3.8) is 0 Å². The van der Waals surface area contributed by atoms with E-state index in [-0.39, 0.29) is 11.3 Å². The van der Waals surface area contributed by atoms with Gasteiger partial charge in [-0.3, -0.25) is 19.7 Å². The predicted octanol–water partition coefficient (Wildman–Crippen LogP) is 2.69. The highest BCUT2D eigenvalue weighted by molar-refractivity contribution is 6.34. The number of anilines is 1. The van der Waals surface area contributed by atoms with Crippen LogP contribution in [-0.4, -0.2) is 22.8 Å². The fourth-order valence-corrected chi connectivity index (χ4v) is 2.70. The van der Waals surface area contributed by atoms with Crippen molar-refractivity contribution in [1.29, 1.82) is 0 Å². The van der Waals surface area contributed by atoms with Crippen LogP contribution in [0.4, 0.5) is 5.69 Å². The van der Waals surface area contributed by atoms with E-state index < -0.39 is 17.9 Å². The van der Waals surface area contributed by atoms with Crippen LogP contribution in [0.25, 0.3) is 0 Å². The molecule has 1 heterocycles. The first-order valence-corrected chi connectivity index (χ1v) is 7.20. The van der Waals surface area contributed by atoms with Gasteiger partial charge in [0.2, 0.25) is 6.04 Å². The number of hydrogen-bond acceptors (Lipinski definition) is 4. The lowest BCUT2D eigenvalue weighted by Crippen LogP contribution is -2.31. The molecule has 2 aromatic rings. The summed E-state index contributed by atoms with van der Waals surface area (Å²) in [5, 5.41) is 10.9. The van der Waals surface area contributed by atoms with Gasteiger partial charge in [0, 0.05) is 18.3 Å². The Bertz CT molecular complexity index is 781. The van der Waals surface area contributed by atoms with Gasteiger partial charge >= 0.3 is 0 Å². The Hall–Kier alpha value is -3.02. The number of nitrogens with zero attached hydrogens (tertiary/aromatic N) is 2. The van der Waals surface area contributed by atoms with Crippen LogP contribution in [0.1, 0.15) is 33.2 Å². The minimum atomic E-state index is -0.800. The molecule has 0 radical (unpaired) electrons. The zero-order chi connectivity index (χ0) is 16.6. The average molecular weight is 310 g/mol. The molecule has 23 heavy (non-hydrogen) atoms. The Morgan fingerprint density at radius 1 is 1.00 bits per heavy atom. The number of carbonyl (C=O) groups excluding carboxylic acids is 2. The number of fused-ring (bicyclic) bond motifs is 1. The van der Waals surface area contributed by atoms with Gasteiger partial charge in [-0.25, -0.2) is 4.90 Å². The summed E-state index contributed by atoms with van der Waals surface area (Å²) in [4.78, 5) is 36.7. The molecule has 6 heteroatoms. The highest BCUT2D eigenvalue weighted by Crippen LogP contribution is 2.31. The predicted molar refractivity (Wildman–Crippen MR) is 84.2 cm³/mol. The van der Waals surface area contributed by atoms with E-state index in [4.69, 9.17) is 0 Å². The first-order valence-electron chi connectivity index (χ1n) is 7.20. The zero-order valence-electron chi connectivity index (χ0n) is 12.4. The number of amides is 2. The molecule has 0 saturated carbocycles. The minimum absolute atomic E-state index is 0.149. The molecule has 0 fully saturated rings. The molecule has 0 aromatic heterocycles. The molecular weight excluding hydrogens is 296 g/mol. The summed E-state index contributed by atoms with van der Waals surface area (Å²) in [6.07, 6.45) is 0.149. The van der Waals surface area contributed by atoms with Gasteiger partial charge < -0.3 is 0 Å². The zero-order valence-corrected chi connectivity index (χ0v) is 12.4. The van der Waals surface area contributed by atoms with E-state index in [0.29, 0.717) is 22.4 Å². The van der Waals surface area contributed by atoms with Crippen LogP contribution >= 0.6 is 0 Å². The van der Waals surface area contributed by atoms with Gasteiger partial charge in [0.1, 0.15) is 0 Å². The second-order valence-electron chi connectivity index (χ2n) is 5.46. The molecule has 0 bridgehead atoms. The summed E-state index contributed by atoms with van der Waals surface area (Å²) in [7, 11) is 0. The van der Waals surface area contributed by atoms with E-state index in [2.05, 4.69) is 0 Å². The lowest BCUT2D eigenvalue weighted by atomic mass is 10.0. The van der Waals surface area contributed by atoms with Crippen molar-refractivity contribution in [2.75, 3.05) is 4.90 Å². The number of rotatable bonds is 4. The van der Waals surface area contributed by atoms with Crippen LogP contribution in [0.2, 0.25) is 0 Å². The molecule has 2 amide bonds. The molecular formula is C17H14N2O4. The number of imide groups is 1. The van der Waals surface area contributed by atoms with Crippen LogP contribution in [0.15, 0.2) is 48.5 Å². The summed E-state index contributed by atoms with van der Waals surface area (Å²) < 4.78 is 0. The van der Waals surface area contributed by atoms with E-state index in [1.54, 1.807) is 48.5 Å². The second kappa shape index (κ2) is 5.64. The quantitative estimate of drug-likeness (QED) is 0.494. The molecule has 6 nitrogen and oxygen atoms in total. The lowest BCUT2D eigenvalue weighted by molar-refractivity contribution is -0.517. The van der Waals surface area contributed by atoms with E-state index in [1.807, 2.05) is 0 Å². The Balaban J connectivity index is 2.02. The van der Waals surface area contributed by atoms with E-state index in [0.717, 1.165) is 4.90 Å². The Morgan fingerprint density at radius 2 is 1.52 bits per heavy atom. The van der Waals surface area contributed by atoms with Gasteiger partial charge in [0.25, 0.3) is 11.8 Å². The lowest BCUT2D eigenvalue weighted by Gasteiger charge is -2.18. The maximum atomic E-state index is 12.6. The topological polar surface area (TPSA) is 80.5 Å². The van der Waals surface area contributed by atoms with Crippen LogP contribution in [0, 0.1) is 10.1 Å². The Kier molecular flexibility index (Phi) is 3.65. The van der Waals surface area contributed by atoms with Crippen LogP contribution < -0.4 is 4.90 Å². The molecule has 0 saturated heterocycles. The first-order chi connectivity index (χ1) is 11.0. The van der Waals surface area contributed by atoms with Gasteiger partial charge in [-0.1, -0.05) is 30.3 Å². The Labute approximate surface area is 132 Å². The van der Waals surface area contributed by atoms with E-state index in [9.17, 15) is 19.7 Å². The number of carbonyl (C=O) groups is 2. The summed E-state index contributed by atoms with van der Waals surface area (Å²) in [6, 6.07) is 12.6. The SMILES string of the molecule is C[C@@H](Cc1ccccc1N1C(=O)c2ccccc2C1=O)[N+](=O)[O-]. The van der Waals surface area contributed by atoms with Gasteiger partial charge in [-0.05, 0) is 23.8 Å². The molecule has 0 aliphatic carbocycles. The third-order valence-corrected chi connectivity index (χ3v) is 3.90. The maximum absolute atomic E-state index is 12.6. The van der Waals surface area contributed by atoms with Crippen molar-refractivity contribution in [1.82, 2.24) is 0 Å². The normalized spacial score (nSPS) is 14.7. The van der Waals surface area contributed by atoms with Crippen LogP contribution in [-0.2, 0) is 6.42 Å². The fraction of sp³-hybridized carbons (Fsp3) is 0.176. The van der Waals surface area contributed by atoms with Gasteiger partial charge in [0.15, 0.2) is 0 Å². The van der Waals surface area contributed by atoms with Crippen molar-refractivity contribution >= 4 is 17.5 Å². The fourth-order valence-electron chi connectivity index (χ4n) is 2.70. The van der Waals surface area contributed by atoms with Crippen molar-refractivity contribution < 1.29 is 14.5 Å². The summed E-state index contributed by atoms with van der Waals surface area (Å²) in [5.41, 5.74) is 1.72. The van der Waals surface area contributed by atoms with Gasteiger partial charge in [0.05, 0.1) is 16.8 Å². The number of para-hydroxylation sites is 1. The monoisotopic (exact) mass is 310 g/mol. The standard InChI is InChI=1S/C17H14N2O4/c1-11(19(22)23)10-12-6-2-5-9-15(12)18-16(20)13-7-3-4-8-14(13)17(18)21/h2-9,11H,10H2,1H3/t11-/m0/s1. The molecule has 116 valence electrons. The summed E-state index contributed by atoms with van der Waals surface area (Å²) >= 11 is 0. The average Bonchev–Trinajstić information content (AvgIpc) is 2.80. The van der Waals surface area contributed by atoms with Crippen molar-refractivity contribution in [2.24, 2.45) is 0 Å². The highest BCUT2D eigenvalue weighted by Gasteiger charge is 2.37. The van der Waals surface area contributed by atoms with Gasteiger partial charge in [-0.15, -0.1) is 0 Å². The number of hydrogen-bond donors (Lipinski definition) is 0. The smallest absolute Gasteiger partial charge is 0.266 e. The molecule has 0 N–H and O–H groups in total. The maximum Gasteiger partial charge on any atom is 0.266 e. The number of nitro groups is 1. The molecule has 1 aliphatic heterocycles. The van der Waals surface area contributed by atoms with Gasteiger partial charge in [-0.2, -0.15) is 0 Å². The largest absolute Gasteiger partial charge is 0.268 e.